The molecule has 0 bridgehead atoms. The van der Waals surface area contributed by atoms with Gasteiger partial charge in [-0.2, -0.15) is 0 Å². The fourth-order valence-corrected chi connectivity index (χ4v) is 3.50. The number of carbonyl (C=O) groups is 1. The van der Waals surface area contributed by atoms with Crippen molar-refractivity contribution in [3.05, 3.63) is 62.4 Å². The molecule has 1 aromatic carbocycles. The predicted molar refractivity (Wildman–Crippen MR) is 101 cm³/mol. The molecule has 25 heavy (non-hydrogen) atoms. The highest BCUT2D eigenvalue weighted by Gasteiger charge is 2.15. The Morgan fingerprint density at radius 3 is 2.84 bits per heavy atom. The lowest BCUT2D eigenvalue weighted by Crippen LogP contribution is -2.03. The number of aromatic nitrogens is 3. The van der Waals surface area contributed by atoms with Crippen LogP contribution in [-0.2, 0) is 6.42 Å². The van der Waals surface area contributed by atoms with E-state index in [4.69, 9.17) is 24.6 Å². The van der Waals surface area contributed by atoms with Gasteiger partial charge in [-0.1, -0.05) is 46.6 Å². The standard InChI is InChI=1S/C17H14Cl2N4OS/c1-9-4-3-5-12(18)11(9)6-13(24)14-8-20-17(25-14)23-16-7-15(19)21-10(2)22-16/h3-5,7-8H,6H2,1-2H3,(H,20,21,22,23)/i3D. The Labute approximate surface area is 160 Å². The second kappa shape index (κ2) is 7.47. The van der Waals surface area contributed by atoms with Crippen molar-refractivity contribution in [1.82, 2.24) is 15.0 Å². The van der Waals surface area contributed by atoms with Crippen LogP contribution in [0.25, 0.3) is 0 Å². The van der Waals surface area contributed by atoms with Crippen molar-refractivity contribution >= 4 is 51.3 Å². The third-order valence-electron chi connectivity index (χ3n) is 3.43. The second-order valence-electron chi connectivity index (χ2n) is 5.34. The van der Waals surface area contributed by atoms with E-state index in [2.05, 4.69) is 20.3 Å². The first-order valence-corrected chi connectivity index (χ1v) is 8.92. The molecule has 2 aromatic heterocycles. The normalized spacial score (nSPS) is 11.3. The summed E-state index contributed by atoms with van der Waals surface area (Å²) >= 11 is 13.3. The molecule has 5 nitrogen and oxygen atoms in total. The van der Waals surface area contributed by atoms with E-state index in [1.165, 1.54) is 23.6 Å². The van der Waals surface area contributed by atoms with Crippen molar-refractivity contribution in [2.75, 3.05) is 5.32 Å². The Bertz CT molecular complexity index is 949. The average molecular weight is 394 g/mol. The van der Waals surface area contributed by atoms with E-state index in [9.17, 15) is 4.79 Å². The molecular formula is C17H14Cl2N4OS. The third kappa shape index (κ3) is 4.34. The molecule has 128 valence electrons. The van der Waals surface area contributed by atoms with Crippen LogP contribution in [0.2, 0.25) is 10.2 Å². The molecule has 0 unspecified atom stereocenters. The van der Waals surface area contributed by atoms with Crippen LogP contribution in [0.3, 0.4) is 0 Å². The number of thiazole rings is 1. The zero-order valence-electron chi connectivity index (χ0n) is 14.4. The number of halogens is 2. The van der Waals surface area contributed by atoms with Gasteiger partial charge < -0.3 is 5.32 Å². The summed E-state index contributed by atoms with van der Waals surface area (Å²) in [5, 5.41) is 4.32. The van der Waals surface area contributed by atoms with Gasteiger partial charge in [-0.25, -0.2) is 15.0 Å². The Kier molecular flexibility index (Phi) is 4.92. The minimum atomic E-state index is -0.0878. The molecule has 3 rings (SSSR count). The minimum absolute atomic E-state index is 0.0878. The summed E-state index contributed by atoms with van der Waals surface area (Å²) < 4.78 is 7.65. The minimum Gasteiger partial charge on any atom is -0.316 e. The molecule has 0 fully saturated rings. The highest BCUT2D eigenvalue weighted by molar-refractivity contribution is 7.17. The fraction of sp³-hybridized carbons (Fsp3) is 0.176. The van der Waals surface area contributed by atoms with Crippen molar-refractivity contribution in [2.24, 2.45) is 0 Å². The van der Waals surface area contributed by atoms with Gasteiger partial charge in [0.2, 0.25) is 0 Å². The quantitative estimate of drug-likeness (QED) is 0.486. The Morgan fingerprint density at radius 1 is 1.32 bits per heavy atom. The molecule has 3 aromatic rings. The first-order chi connectivity index (χ1) is 12.3. The largest absolute Gasteiger partial charge is 0.316 e. The highest BCUT2D eigenvalue weighted by atomic mass is 35.5. The maximum absolute atomic E-state index is 12.6. The van der Waals surface area contributed by atoms with Crippen molar-refractivity contribution in [3.8, 4) is 0 Å². The van der Waals surface area contributed by atoms with E-state index in [0.717, 1.165) is 11.1 Å². The predicted octanol–water partition coefficient (Wildman–Crippen LogP) is 5.03. The van der Waals surface area contributed by atoms with Gasteiger partial charge in [0.25, 0.3) is 0 Å². The maximum atomic E-state index is 12.6. The summed E-state index contributed by atoms with van der Waals surface area (Å²) in [4.78, 5) is 25.5. The van der Waals surface area contributed by atoms with Crippen molar-refractivity contribution < 1.29 is 6.17 Å². The van der Waals surface area contributed by atoms with Crippen LogP contribution in [0.15, 0.2) is 30.4 Å². The topological polar surface area (TPSA) is 67.8 Å². The average Bonchev–Trinajstić information content (AvgIpc) is 2.98. The number of Topliss-reactive ketones (excluding diaryl/α,β-unsaturated/α-hetero) is 1. The highest BCUT2D eigenvalue weighted by Crippen LogP contribution is 2.26. The van der Waals surface area contributed by atoms with Gasteiger partial charge in [0.15, 0.2) is 10.9 Å². The monoisotopic (exact) mass is 393 g/mol. The maximum Gasteiger partial charge on any atom is 0.188 e. The number of nitrogens with one attached hydrogen (secondary N) is 1. The summed E-state index contributed by atoms with van der Waals surface area (Å²) in [5.74, 6) is 0.965. The lowest BCUT2D eigenvalue weighted by Gasteiger charge is -2.06. The summed E-state index contributed by atoms with van der Waals surface area (Å²) in [6.45, 7) is 3.58. The molecule has 0 saturated carbocycles. The number of hydrogen-bond donors (Lipinski definition) is 1. The first-order valence-electron chi connectivity index (χ1n) is 7.84. The van der Waals surface area contributed by atoms with Crippen molar-refractivity contribution in [2.45, 2.75) is 20.3 Å². The molecule has 0 saturated heterocycles. The molecular weight excluding hydrogens is 379 g/mol. The number of hydrogen-bond acceptors (Lipinski definition) is 6. The van der Waals surface area contributed by atoms with E-state index in [-0.39, 0.29) is 12.2 Å². The van der Waals surface area contributed by atoms with Crippen LogP contribution in [0.5, 0.6) is 0 Å². The zero-order chi connectivity index (χ0) is 18.8. The zero-order valence-corrected chi connectivity index (χ0v) is 15.8. The van der Waals surface area contributed by atoms with Crippen LogP contribution in [-0.4, -0.2) is 20.7 Å². The third-order valence-corrected chi connectivity index (χ3v) is 4.92. The molecule has 0 radical (unpaired) electrons. The van der Waals surface area contributed by atoms with E-state index in [1.54, 1.807) is 19.1 Å². The van der Waals surface area contributed by atoms with Gasteiger partial charge in [-0.15, -0.1) is 0 Å². The second-order valence-corrected chi connectivity index (χ2v) is 7.17. The number of rotatable bonds is 5. The van der Waals surface area contributed by atoms with Gasteiger partial charge in [-0.05, 0) is 31.0 Å². The van der Waals surface area contributed by atoms with Gasteiger partial charge in [0.05, 0.1) is 12.4 Å². The molecule has 0 aliphatic rings. The van der Waals surface area contributed by atoms with Gasteiger partial charge >= 0.3 is 0 Å². The summed E-state index contributed by atoms with van der Waals surface area (Å²) in [6, 6.07) is 5.14. The van der Waals surface area contributed by atoms with Crippen molar-refractivity contribution in [3.63, 3.8) is 0 Å². The number of nitrogens with zero attached hydrogens (tertiary/aromatic N) is 3. The number of ketones is 1. The summed E-state index contributed by atoms with van der Waals surface area (Å²) in [6.07, 6.45) is 1.68. The number of benzene rings is 1. The van der Waals surface area contributed by atoms with Gasteiger partial charge in [0, 0.05) is 17.5 Å². The van der Waals surface area contributed by atoms with E-state index in [0.29, 0.717) is 37.9 Å². The molecule has 0 atom stereocenters. The van der Waals surface area contributed by atoms with Crippen LogP contribution in [0.4, 0.5) is 10.9 Å². The summed E-state index contributed by atoms with van der Waals surface area (Å²) in [5.41, 5.74) is 1.55. The lowest BCUT2D eigenvalue weighted by molar-refractivity contribution is 0.0996. The van der Waals surface area contributed by atoms with Crippen LogP contribution < -0.4 is 5.32 Å². The summed E-state index contributed by atoms with van der Waals surface area (Å²) in [7, 11) is 0. The van der Waals surface area contributed by atoms with Crippen LogP contribution >= 0.6 is 34.5 Å². The van der Waals surface area contributed by atoms with E-state index < -0.39 is 0 Å². The molecule has 2 heterocycles. The Balaban J connectivity index is 1.76. The Morgan fingerprint density at radius 2 is 2.12 bits per heavy atom. The van der Waals surface area contributed by atoms with Crippen LogP contribution in [0.1, 0.15) is 28.0 Å². The number of anilines is 2. The van der Waals surface area contributed by atoms with Crippen molar-refractivity contribution in [1.29, 1.82) is 0 Å². The lowest BCUT2D eigenvalue weighted by atomic mass is 10.0. The first kappa shape index (κ1) is 16.4. The smallest absolute Gasteiger partial charge is 0.188 e. The molecule has 0 spiro atoms. The molecule has 0 aliphatic heterocycles. The molecule has 8 heteroatoms. The van der Waals surface area contributed by atoms with Gasteiger partial charge in [-0.3, -0.25) is 4.79 Å². The Hall–Kier alpha value is -2.02. The SMILES string of the molecule is [2H]c1cc(C)c(CC(=O)c2cnc(Nc3cc(Cl)nc(C)n3)s2)c(Cl)c1. The van der Waals surface area contributed by atoms with E-state index >= 15 is 0 Å². The number of aryl methyl sites for hydroxylation is 2. The van der Waals surface area contributed by atoms with Gasteiger partial charge in [0.1, 0.15) is 16.8 Å². The molecule has 0 amide bonds. The van der Waals surface area contributed by atoms with E-state index in [1.807, 2.05) is 6.92 Å². The molecule has 1 N–H and O–H groups in total. The van der Waals surface area contributed by atoms with Crippen LogP contribution in [0, 0.1) is 13.8 Å². The fourth-order valence-electron chi connectivity index (χ4n) is 2.24. The number of carbonyl (C=O) groups excluding carboxylic acids is 1. The molecule has 0 aliphatic carbocycles.